The van der Waals surface area contributed by atoms with E-state index in [0.29, 0.717) is 23.7 Å². The maximum atomic E-state index is 12.8. The maximum absolute atomic E-state index is 12.8. The molecule has 3 rings (SSSR count). The third-order valence-corrected chi connectivity index (χ3v) is 5.25. The molecule has 2 N–H and O–H groups in total. The zero-order chi connectivity index (χ0) is 23.4. The minimum Gasteiger partial charge on any atom is -0.493 e. The monoisotopic (exact) mass is 440 g/mol. The van der Waals surface area contributed by atoms with E-state index in [4.69, 9.17) is 15.2 Å². The van der Waals surface area contributed by atoms with Gasteiger partial charge in [0.05, 0.1) is 18.6 Å². The molecule has 1 heterocycles. The first kappa shape index (κ1) is 22.6. The molecule has 0 saturated heterocycles. The second-order valence-corrected chi connectivity index (χ2v) is 7.26. The van der Waals surface area contributed by atoms with Crippen molar-refractivity contribution in [2.75, 3.05) is 19.4 Å². The number of hydrogen-bond donors (Lipinski definition) is 1. The van der Waals surface area contributed by atoms with Crippen LogP contribution in [0.2, 0.25) is 0 Å². The molecule has 10 nitrogen and oxygen atoms in total. The molecule has 32 heavy (non-hydrogen) atoms. The molecule has 0 saturated carbocycles. The number of ether oxygens (including phenoxy) is 2. The lowest BCUT2D eigenvalue weighted by atomic mass is 9.91. The second-order valence-electron chi connectivity index (χ2n) is 7.26. The smallest absolute Gasteiger partial charge is 0.332 e. The number of rotatable bonds is 8. The molecule has 10 heteroatoms. The van der Waals surface area contributed by atoms with E-state index < -0.39 is 28.6 Å². The van der Waals surface area contributed by atoms with Gasteiger partial charge in [-0.05, 0) is 23.3 Å². The number of nitrogens with zero attached hydrogens (tertiary/aromatic N) is 3. The van der Waals surface area contributed by atoms with Crippen LogP contribution in [-0.4, -0.2) is 27.7 Å². The van der Waals surface area contributed by atoms with E-state index in [2.05, 4.69) is 0 Å². The molecule has 2 aromatic carbocycles. The summed E-state index contributed by atoms with van der Waals surface area (Å²) >= 11 is 0. The lowest BCUT2D eigenvalue weighted by molar-refractivity contribution is -0.481. The van der Waals surface area contributed by atoms with E-state index in [1.807, 2.05) is 30.3 Å². The van der Waals surface area contributed by atoms with E-state index in [1.54, 1.807) is 18.2 Å². The van der Waals surface area contributed by atoms with Crippen LogP contribution in [0, 0.1) is 10.1 Å². The first-order valence-electron chi connectivity index (χ1n) is 9.76. The molecule has 168 valence electrons. The van der Waals surface area contributed by atoms with Crippen LogP contribution in [0.5, 0.6) is 11.5 Å². The van der Waals surface area contributed by atoms with Crippen LogP contribution < -0.4 is 26.5 Å². The molecule has 0 amide bonds. The average molecular weight is 440 g/mol. The Kier molecular flexibility index (Phi) is 6.62. The fourth-order valence-electron chi connectivity index (χ4n) is 3.48. The number of nitro groups is 1. The van der Waals surface area contributed by atoms with Crippen LogP contribution >= 0.6 is 0 Å². The fourth-order valence-corrected chi connectivity index (χ4v) is 3.48. The molecule has 0 spiro atoms. The highest BCUT2D eigenvalue weighted by molar-refractivity contribution is 5.50. The Labute approximate surface area is 183 Å². The first-order chi connectivity index (χ1) is 15.2. The number of methoxy groups -OCH3 is 1. The van der Waals surface area contributed by atoms with Gasteiger partial charge in [0, 0.05) is 19.0 Å². The van der Waals surface area contributed by atoms with Gasteiger partial charge in [-0.1, -0.05) is 36.4 Å². The molecule has 1 atom stereocenters. The van der Waals surface area contributed by atoms with E-state index >= 15 is 0 Å². The number of aromatic nitrogens is 2. The standard InChI is InChI=1S/C22H24N4O6/c1-24-20(23)19(21(27)25(2)22(24)28)16(12-26(29)30)15-9-10-17(18(11-15)31-3)32-13-14-7-5-4-6-8-14/h4-11,16H,12-13,23H2,1-3H3/t16-/m0/s1. The molecule has 1 aromatic heterocycles. The fraction of sp³-hybridized carbons (Fsp3) is 0.273. The van der Waals surface area contributed by atoms with Crippen molar-refractivity contribution in [1.82, 2.24) is 9.13 Å². The van der Waals surface area contributed by atoms with Crippen LogP contribution in [0.1, 0.15) is 22.6 Å². The summed E-state index contributed by atoms with van der Waals surface area (Å²) in [6.07, 6.45) is 0. The van der Waals surface area contributed by atoms with Crippen molar-refractivity contribution >= 4 is 5.82 Å². The highest BCUT2D eigenvalue weighted by Gasteiger charge is 2.29. The summed E-state index contributed by atoms with van der Waals surface area (Å²) in [5.74, 6) is -0.311. The van der Waals surface area contributed by atoms with Crippen LogP contribution in [-0.2, 0) is 20.7 Å². The number of nitrogen functional groups attached to an aromatic ring is 1. The predicted molar refractivity (Wildman–Crippen MR) is 119 cm³/mol. The number of benzene rings is 2. The normalized spacial score (nSPS) is 11.7. The SMILES string of the molecule is COc1cc([C@H](C[N+](=O)[O-])c2c(N)n(C)c(=O)n(C)c2=O)ccc1OCc1ccccc1. The molecule has 0 radical (unpaired) electrons. The lowest BCUT2D eigenvalue weighted by Crippen LogP contribution is -2.42. The van der Waals surface area contributed by atoms with E-state index in [0.717, 1.165) is 14.7 Å². The van der Waals surface area contributed by atoms with Crippen LogP contribution in [0.25, 0.3) is 0 Å². The van der Waals surface area contributed by atoms with Crippen molar-refractivity contribution in [1.29, 1.82) is 0 Å². The molecule has 0 fully saturated rings. The summed E-state index contributed by atoms with van der Waals surface area (Å²) < 4.78 is 13.2. The highest BCUT2D eigenvalue weighted by Crippen LogP contribution is 2.34. The molecular weight excluding hydrogens is 416 g/mol. The van der Waals surface area contributed by atoms with Gasteiger partial charge >= 0.3 is 5.69 Å². The van der Waals surface area contributed by atoms with Crippen molar-refractivity contribution in [2.45, 2.75) is 12.5 Å². The number of hydrogen-bond acceptors (Lipinski definition) is 7. The van der Waals surface area contributed by atoms with Crippen LogP contribution in [0.4, 0.5) is 5.82 Å². The first-order valence-corrected chi connectivity index (χ1v) is 9.76. The Balaban J connectivity index is 2.05. The van der Waals surface area contributed by atoms with Gasteiger partial charge in [-0.2, -0.15) is 0 Å². The molecule has 0 unspecified atom stereocenters. The Hall–Kier alpha value is -4.08. The number of nitrogens with two attached hydrogens (primary N) is 1. The Bertz CT molecular complexity index is 1250. The van der Waals surface area contributed by atoms with E-state index in [9.17, 15) is 19.7 Å². The Morgan fingerprint density at radius 3 is 2.38 bits per heavy atom. The minimum atomic E-state index is -0.993. The van der Waals surface area contributed by atoms with E-state index in [1.165, 1.54) is 21.2 Å². The predicted octanol–water partition coefficient (Wildman–Crippen LogP) is 1.66. The number of anilines is 1. The van der Waals surface area contributed by atoms with Crippen molar-refractivity contribution in [3.05, 3.63) is 96.2 Å². The molecule has 0 bridgehead atoms. The summed E-state index contributed by atoms with van der Waals surface area (Å²) in [4.78, 5) is 35.9. The van der Waals surface area contributed by atoms with Gasteiger partial charge in [0.25, 0.3) is 5.56 Å². The van der Waals surface area contributed by atoms with Crippen molar-refractivity contribution in [3.63, 3.8) is 0 Å². The zero-order valence-corrected chi connectivity index (χ0v) is 18.0. The van der Waals surface area contributed by atoms with Crippen molar-refractivity contribution in [2.24, 2.45) is 14.1 Å². The van der Waals surface area contributed by atoms with Gasteiger partial charge in [-0.3, -0.25) is 24.0 Å². The topological polar surface area (TPSA) is 132 Å². The Morgan fingerprint density at radius 2 is 1.75 bits per heavy atom. The lowest BCUT2D eigenvalue weighted by Gasteiger charge is -2.19. The molecule has 0 aliphatic heterocycles. The summed E-state index contributed by atoms with van der Waals surface area (Å²) in [5.41, 5.74) is 6.14. The van der Waals surface area contributed by atoms with Gasteiger partial charge < -0.3 is 15.2 Å². The highest BCUT2D eigenvalue weighted by atomic mass is 16.6. The maximum Gasteiger partial charge on any atom is 0.332 e. The summed E-state index contributed by atoms with van der Waals surface area (Å²) in [6, 6.07) is 14.4. The molecular formula is C22H24N4O6. The third kappa shape index (κ3) is 4.48. The molecule has 3 aromatic rings. The molecule has 0 aliphatic carbocycles. The molecule has 0 aliphatic rings. The largest absolute Gasteiger partial charge is 0.493 e. The van der Waals surface area contributed by atoms with Crippen molar-refractivity contribution in [3.8, 4) is 11.5 Å². The van der Waals surface area contributed by atoms with Gasteiger partial charge in [-0.25, -0.2) is 4.79 Å². The van der Waals surface area contributed by atoms with Gasteiger partial charge in [0.2, 0.25) is 6.54 Å². The minimum absolute atomic E-state index is 0.0219. The summed E-state index contributed by atoms with van der Waals surface area (Å²) in [5, 5.41) is 11.4. The van der Waals surface area contributed by atoms with Gasteiger partial charge in [0.1, 0.15) is 12.4 Å². The summed E-state index contributed by atoms with van der Waals surface area (Å²) in [7, 11) is 4.17. The van der Waals surface area contributed by atoms with Gasteiger partial charge in [-0.15, -0.1) is 0 Å². The Morgan fingerprint density at radius 1 is 1.06 bits per heavy atom. The average Bonchev–Trinajstić information content (AvgIpc) is 2.80. The van der Waals surface area contributed by atoms with E-state index in [-0.39, 0.29) is 11.4 Å². The summed E-state index contributed by atoms with van der Waals surface area (Å²) in [6.45, 7) is -0.284. The van der Waals surface area contributed by atoms with Crippen molar-refractivity contribution < 1.29 is 14.4 Å². The van der Waals surface area contributed by atoms with Crippen LogP contribution in [0.3, 0.4) is 0 Å². The third-order valence-electron chi connectivity index (χ3n) is 5.25. The second kappa shape index (κ2) is 9.38. The zero-order valence-electron chi connectivity index (χ0n) is 18.0. The van der Waals surface area contributed by atoms with Gasteiger partial charge in [0.15, 0.2) is 11.5 Å². The van der Waals surface area contributed by atoms with Crippen LogP contribution in [0.15, 0.2) is 58.1 Å². The quantitative estimate of drug-likeness (QED) is 0.416.